The van der Waals surface area contributed by atoms with E-state index in [1.54, 1.807) is 12.1 Å². The van der Waals surface area contributed by atoms with Crippen LogP contribution in [0.5, 0.6) is 5.75 Å². The number of alkyl halides is 1. The third kappa shape index (κ3) is 3.79. The van der Waals surface area contributed by atoms with Crippen molar-refractivity contribution in [3.05, 3.63) is 62.3 Å². The SMILES string of the molecule is Fc1ccc(Cl)c(COc2c(Cl)cc(Cl)cc2CBr)c1. The van der Waals surface area contributed by atoms with Crippen molar-refractivity contribution >= 4 is 50.7 Å². The van der Waals surface area contributed by atoms with E-state index in [1.807, 2.05) is 0 Å². The zero-order valence-corrected chi connectivity index (χ0v) is 14.0. The fraction of sp³-hybridized carbons (Fsp3) is 0.143. The molecule has 2 aromatic carbocycles. The van der Waals surface area contributed by atoms with Crippen LogP contribution in [-0.2, 0) is 11.9 Å². The van der Waals surface area contributed by atoms with Crippen LogP contribution in [0.25, 0.3) is 0 Å². The lowest BCUT2D eigenvalue weighted by Gasteiger charge is -2.13. The standard InChI is InChI=1S/C14H9BrCl3FO/c15-6-8-3-10(16)5-13(18)14(8)20-7-9-4-11(19)1-2-12(9)17/h1-5H,6-7H2. The van der Waals surface area contributed by atoms with E-state index in [2.05, 4.69) is 15.9 Å². The van der Waals surface area contributed by atoms with Gasteiger partial charge in [-0.25, -0.2) is 4.39 Å². The molecule has 0 radical (unpaired) electrons. The van der Waals surface area contributed by atoms with E-state index in [1.165, 1.54) is 18.2 Å². The van der Waals surface area contributed by atoms with Crippen molar-refractivity contribution in [2.24, 2.45) is 0 Å². The summed E-state index contributed by atoms with van der Waals surface area (Å²) in [7, 11) is 0. The highest BCUT2D eigenvalue weighted by atomic mass is 79.9. The minimum atomic E-state index is -0.365. The zero-order chi connectivity index (χ0) is 14.7. The summed E-state index contributed by atoms with van der Waals surface area (Å²) < 4.78 is 18.8. The van der Waals surface area contributed by atoms with Crippen molar-refractivity contribution in [1.29, 1.82) is 0 Å². The highest BCUT2D eigenvalue weighted by Crippen LogP contribution is 2.34. The molecule has 0 N–H and O–H groups in total. The van der Waals surface area contributed by atoms with Gasteiger partial charge in [0.2, 0.25) is 0 Å². The normalized spacial score (nSPS) is 10.7. The van der Waals surface area contributed by atoms with E-state index in [0.29, 0.717) is 31.7 Å². The Morgan fingerprint density at radius 3 is 2.45 bits per heavy atom. The number of hydrogen-bond acceptors (Lipinski definition) is 1. The fourth-order valence-corrected chi connectivity index (χ4v) is 2.86. The molecule has 2 rings (SSSR count). The second kappa shape index (κ2) is 6.99. The molecule has 0 saturated carbocycles. The monoisotopic (exact) mass is 396 g/mol. The van der Waals surface area contributed by atoms with Crippen LogP contribution in [-0.4, -0.2) is 0 Å². The molecule has 0 bridgehead atoms. The van der Waals surface area contributed by atoms with Crippen LogP contribution in [0.15, 0.2) is 30.3 Å². The summed E-state index contributed by atoms with van der Waals surface area (Å²) in [5, 5.41) is 1.91. The van der Waals surface area contributed by atoms with E-state index in [0.717, 1.165) is 5.56 Å². The molecular formula is C14H9BrCl3FO. The lowest BCUT2D eigenvalue weighted by Crippen LogP contribution is -2.00. The van der Waals surface area contributed by atoms with Gasteiger partial charge in [0, 0.05) is 26.5 Å². The minimum Gasteiger partial charge on any atom is -0.487 e. The Balaban J connectivity index is 2.25. The molecule has 0 aliphatic heterocycles. The lowest BCUT2D eigenvalue weighted by molar-refractivity contribution is 0.303. The number of hydrogen-bond donors (Lipinski definition) is 0. The molecular weight excluding hydrogens is 389 g/mol. The molecule has 0 aliphatic rings. The molecule has 20 heavy (non-hydrogen) atoms. The summed E-state index contributed by atoms with van der Waals surface area (Å²) in [6.45, 7) is 0.123. The Labute approximate surface area is 139 Å². The van der Waals surface area contributed by atoms with Crippen LogP contribution >= 0.6 is 50.7 Å². The molecule has 6 heteroatoms. The van der Waals surface area contributed by atoms with Crippen LogP contribution in [0, 0.1) is 5.82 Å². The lowest BCUT2D eigenvalue weighted by atomic mass is 10.2. The Bertz CT molecular complexity index is 634. The quantitative estimate of drug-likeness (QED) is 0.552. The molecule has 0 amide bonds. The first kappa shape index (κ1) is 15.9. The molecule has 0 heterocycles. The van der Waals surface area contributed by atoms with Gasteiger partial charge in [-0.1, -0.05) is 50.7 Å². The number of rotatable bonds is 4. The van der Waals surface area contributed by atoms with Crippen molar-refractivity contribution < 1.29 is 9.13 Å². The van der Waals surface area contributed by atoms with Crippen LogP contribution in [0.1, 0.15) is 11.1 Å². The average molecular weight is 398 g/mol. The highest BCUT2D eigenvalue weighted by Gasteiger charge is 2.11. The Morgan fingerprint density at radius 1 is 1.00 bits per heavy atom. The predicted molar refractivity (Wildman–Crippen MR) is 84.8 cm³/mol. The van der Waals surface area contributed by atoms with Gasteiger partial charge in [-0.05, 0) is 30.3 Å². The van der Waals surface area contributed by atoms with Crippen molar-refractivity contribution in [3.8, 4) is 5.75 Å². The number of halogens is 5. The van der Waals surface area contributed by atoms with E-state index in [9.17, 15) is 4.39 Å². The van der Waals surface area contributed by atoms with Gasteiger partial charge in [0.1, 0.15) is 18.2 Å². The van der Waals surface area contributed by atoms with Crippen molar-refractivity contribution in [2.45, 2.75) is 11.9 Å². The molecule has 1 nitrogen and oxygen atoms in total. The van der Waals surface area contributed by atoms with Crippen LogP contribution in [0.3, 0.4) is 0 Å². The predicted octanol–water partition coefficient (Wildman–Crippen LogP) is 6.26. The van der Waals surface area contributed by atoms with E-state index in [4.69, 9.17) is 39.5 Å². The first-order valence-corrected chi connectivity index (χ1v) is 7.87. The van der Waals surface area contributed by atoms with Gasteiger partial charge in [0.25, 0.3) is 0 Å². The Kier molecular flexibility index (Phi) is 5.56. The number of ether oxygens (including phenoxy) is 1. The zero-order valence-electron chi connectivity index (χ0n) is 10.1. The first-order valence-electron chi connectivity index (χ1n) is 5.62. The molecule has 2 aromatic rings. The topological polar surface area (TPSA) is 9.23 Å². The summed E-state index contributed by atoms with van der Waals surface area (Å²) >= 11 is 21.4. The summed E-state index contributed by atoms with van der Waals surface area (Å²) in [5.41, 5.74) is 1.37. The number of benzene rings is 2. The fourth-order valence-electron chi connectivity index (χ4n) is 1.68. The Hall–Kier alpha value is -0.480. The molecule has 0 aliphatic carbocycles. The van der Waals surface area contributed by atoms with Gasteiger partial charge >= 0.3 is 0 Å². The van der Waals surface area contributed by atoms with Gasteiger partial charge in [0.05, 0.1) is 5.02 Å². The van der Waals surface area contributed by atoms with Crippen molar-refractivity contribution in [1.82, 2.24) is 0 Å². The summed E-state index contributed by atoms with van der Waals surface area (Å²) in [6, 6.07) is 7.47. The largest absolute Gasteiger partial charge is 0.487 e. The molecule has 0 fully saturated rings. The first-order chi connectivity index (χ1) is 9.51. The van der Waals surface area contributed by atoms with Crippen molar-refractivity contribution in [2.75, 3.05) is 0 Å². The maximum atomic E-state index is 13.2. The van der Waals surface area contributed by atoms with Gasteiger partial charge in [-0.15, -0.1) is 0 Å². The molecule has 106 valence electrons. The van der Waals surface area contributed by atoms with Gasteiger partial charge < -0.3 is 4.74 Å². The van der Waals surface area contributed by atoms with E-state index in [-0.39, 0.29) is 12.4 Å². The summed E-state index contributed by atoms with van der Waals surface area (Å²) in [4.78, 5) is 0. The minimum absolute atomic E-state index is 0.123. The van der Waals surface area contributed by atoms with Crippen LogP contribution < -0.4 is 4.74 Å². The maximum absolute atomic E-state index is 13.2. The molecule has 0 saturated heterocycles. The molecule has 0 atom stereocenters. The second-order valence-electron chi connectivity index (χ2n) is 4.03. The molecule has 0 spiro atoms. The van der Waals surface area contributed by atoms with Crippen molar-refractivity contribution in [3.63, 3.8) is 0 Å². The van der Waals surface area contributed by atoms with E-state index < -0.39 is 0 Å². The van der Waals surface area contributed by atoms with Gasteiger partial charge in [-0.2, -0.15) is 0 Å². The van der Waals surface area contributed by atoms with Crippen LogP contribution in [0.2, 0.25) is 15.1 Å². The van der Waals surface area contributed by atoms with Crippen LogP contribution in [0.4, 0.5) is 4.39 Å². The summed E-state index contributed by atoms with van der Waals surface area (Å²) in [6.07, 6.45) is 0. The van der Waals surface area contributed by atoms with E-state index >= 15 is 0 Å². The van der Waals surface area contributed by atoms with Gasteiger partial charge in [0.15, 0.2) is 0 Å². The van der Waals surface area contributed by atoms with Gasteiger partial charge in [-0.3, -0.25) is 0 Å². The smallest absolute Gasteiger partial charge is 0.142 e. The molecule has 0 unspecified atom stereocenters. The highest BCUT2D eigenvalue weighted by molar-refractivity contribution is 9.08. The summed E-state index contributed by atoms with van der Waals surface area (Å²) in [5.74, 6) is 0.143. The maximum Gasteiger partial charge on any atom is 0.142 e. The second-order valence-corrected chi connectivity index (χ2v) is 5.85. The molecule has 0 aromatic heterocycles. The Morgan fingerprint density at radius 2 is 1.75 bits per heavy atom. The third-order valence-corrected chi connectivity index (χ3v) is 4.08. The average Bonchev–Trinajstić information content (AvgIpc) is 2.40. The third-order valence-electron chi connectivity index (χ3n) is 2.61.